The van der Waals surface area contributed by atoms with Gasteiger partial charge in [-0.3, -0.25) is 0 Å². The van der Waals surface area contributed by atoms with E-state index in [1.165, 1.54) is 38.5 Å². The Morgan fingerprint density at radius 1 is 0.789 bits per heavy atom. The van der Waals surface area contributed by atoms with Gasteiger partial charge in [0, 0.05) is 10.5 Å². The molecule has 0 spiro atoms. The Kier molecular flexibility index (Phi) is 7.13. The summed E-state index contributed by atoms with van der Waals surface area (Å²) in [6.45, 7) is 4.71. The molecule has 0 saturated heterocycles. The van der Waals surface area contributed by atoms with Gasteiger partial charge in [0.25, 0.3) is 0 Å². The highest BCUT2D eigenvalue weighted by molar-refractivity contribution is 14.3. The Labute approximate surface area is 146 Å². The van der Waals surface area contributed by atoms with Crippen LogP contribution in [-0.2, 0) is 0 Å². The minimum atomic E-state index is -0.401. The van der Waals surface area contributed by atoms with Gasteiger partial charge in [0.1, 0.15) is 0 Å². The van der Waals surface area contributed by atoms with Gasteiger partial charge in [0.05, 0.1) is 0 Å². The molecular formula is C16H30I2S. The van der Waals surface area contributed by atoms with E-state index in [0.717, 1.165) is 22.3 Å². The summed E-state index contributed by atoms with van der Waals surface area (Å²) in [5, 5.41) is 2.16. The summed E-state index contributed by atoms with van der Waals surface area (Å²) < 4.78 is -0.401. The Morgan fingerprint density at radius 2 is 1.21 bits per heavy atom. The SMILES string of the molecule is CCCC1CCC(S(I)(I)C2CCC(CCC)C2)C1. The normalized spacial score (nSPS) is 36.8. The highest BCUT2D eigenvalue weighted by atomic mass is 127. The Bertz CT molecular complexity index is 254. The Hall–Kier alpha value is 1.81. The zero-order chi connectivity index (χ0) is 13.9. The second-order valence-corrected chi connectivity index (χ2v) is 23.0. The molecule has 2 rings (SSSR count). The molecule has 0 heterocycles. The first kappa shape index (κ1) is 17.2. The van der Waals surface area contributed by atoms with Crippen LogP contribution in [0.2, 0.25) is 0 Å². The van der Waals surface area contributed by atoms with Crippen molar-refractivity contribution in [1.29, 1.82) is 0 Å². The lowest BCUT2D eigenvalue weighted by Gasteiger charge is -2.39. The molecule has 2 aliphatic rings. The predicted octanol–water partition coefficient (Wildman–Crippen LogP) is 7.43. The van der Waals surface area contributed by atoms with Crippen LogP contribution in [0.4, 0.5) is 0 Å². The molecule has 2 aliphatic carbocycles. The molecule has 0 bridgehead atoms. The third kappa shape index (κ3) is 4.40. The molecule has 114 valence electrons. The van der Waals surface area contributed by atoms with Crippen molar-refractivity contribution >= 4 is 46.8 Å². The number of hydrogen-bond donors (Lipinski definition) is 0. The molecule has 0 aliphatic heterocycles. The van der Waals surface area contributed by atoms with E-state index in [4.69, 9.17) is 0 Å². The van der Waals surface area contributed by atoms with Gasteiger partial charge in [-0.05, 0) is 92.8 Å². The highest BCUT2D eigenvalue weighted by Gasteiger charge is 2.42. The second kappa shape index (κ2) is 7.89. The molecular weight excluding hydrogens is 478 g/mol. The van der Waals surface area contributed by atoms with E-state index in [1.807, 2.05) is 0 Å². The molecule has 0 aromatic carbocycles. The molecule has 3 heteroatoms. The molecule has 0 radical (unpaired) electrons. The van der Waals surface area contributed by atoms with Crippen LogP contribution in [0.1, 0.15) is 78.1 Å². The van der Waals surface area contributed by atoms with Crippen LogP contribution in [-0.4, -0.2) is 10.5 Å². The van der Waals surface area contributed by atoms with Crippen LogP contribution >= 0.6 is 46.8 Å². The van der Waals surface area contributed by atoms with E-state index in [0.29, 0.717) is 0 Å². The van der Waals surface area contributed by atoms with E-state index in [-0.39, 0.29) is 0 Å². The molecule has 0 aromatic heterocycles. The van der Waals surface area contributed by atoms with E-state index >= 15 is 0 Å². The van der Waals surface area contributed by atoms with Crippen molar-refractivity contribution in [3.8, 4) is 0 Å². The van der Waals surface area contributed by atoms with Gasteiger partial charge in [-0.1, -0.05) is 39.5 Å². The van der Waals surface area contributed by atoms with E-state index < -0.39 is 4.37 Å². The molecule has 0 amide bonds. The minimum Gasteiger partial charge on any atom is -0.127 e. The molecule has 0 aromatic rings. The fourth-order valence-electron chi connectivity index (χ4n) is 4.24. The Balaban J connectivity index is 1.88. The lowest BCUT2D eigenvalue weighted by Crippen LogP contribution is -2.16. The molecule has 19 heavy (non-hydrogen) atoms. The van der Waals surface area contributed by atoms with Crippen molar-refractivity contribution in [1.82, 2.24) is 0 Å². The molecule has 4 atom stereocenters. The van der Waals surface area contributed by atoms with Gasteiger partial charge in [-0.15, -0.1) is 4.37 Å². The average Bonchev–Trinajstić information content (AvgIpc) is 2.99. The third-order valence-corrected chi connectivity index (χ3v) is 16.5. The molecule has 0 N–H and O–H groups in total. The van der Waals surface area contributed by atoms with Crippen LogP contribution in [0.3, 0.4) is 0 Å². The number of rotatable bonds is 6. The monoisotopic (exact) mass is 508 g/mol. The summed E-state index contributed by atoms with van der Waals surface area (Å²) in [7, 11) is 0. The lowest BCUT2D eigenvalue weighted by atomic mass is 10.0. The summed E-state index contributed by atoms with van der Waals surface area (Å²) >= 11 is 5.85. The van der Waals surface area contributed by atoms with Crippen molar-refractivity contribution in [3.63, 3.8) is 0 Å². The van der Waals surface area contributed by atoms with E-state index in [1.54, 1.807) is 25.7 Å². The molecule has 0 nitrogen and oxygen atoms in total. The maximum atomic E-state index is 2.93. The second-order valence-electron chi connectivity index (χ2n) is 6.73. The zero-order valence-corrected chi connectivity index (χ0v) is 17.7. The van der Waals surface area contributed by atoms with Gasteiger partial charge >= 0.3 is 0 Å². The van der Waals surface area contributed by atoms with Gasteiger partial charge < -0.3 is 0 Å². The summed E-state index contributed by atoms with van der Waals surface area (Å²) in [4.78, 5) is 0. The first-order valence-corrected chi connectivity index (χ1v) is 15.1. The highest BCUT2D eigenvalue weighted by Crippen LogP contribution is 2.76. The standard InChI is InChI=1S/C16H30I2S/c1-3-5-13-7-9-15(11-13)19(17,18)16-10-8-14(12-16)6-4-2/h13-16H,3-12H2,1-2H3. The summed E-state index contributed by atoms with van der Waals surface area (Å²) in [5.41, 5.74) is 0. The lowest BCUT2D eigenvalue weighted by molar-refractivity contribution is 0.496. The van der Waals surface area contributed by atoms with Gasteiger partial charge in [-0.25, -0.2) is 0 Å². The summed E-state index contributed by atoms with van der Waals surface area (Å²) in [6, 6.07) is 0. The maximum absolute atomic E-state index is 2.93. The molecule has 2 fully saturated rings. The Morgan fingerprint density at radius 3 is 1.58 bits per heavy atom. The first-order chi connectivity index (χ1) is 9.07. The smallest absolute Gasteiger partial charge is 0.00620 e. The predicted molar refractivity (Wildman–Crippen MR) is 108 cm³/mol. The first-order valence-electron chi connectivity index (χ1n) is 8.28. The van der Waals surface area contributed by atoms with Gasteiger partial charge in [0.15, 0.2) is 0 Å². The summed E-state index contributed by atoms with van der Waals surface area (Å²) in [6.07, 6.45) is 15.0. The maximum Gasteiger partial charge on any atom is 0.00620 e. The molecule has 2 saturated carbocycles. The fraction of sp³-hybridized carbons (Fsp3) is 1.00. The van der Waals surface area contributed by atoms with Crippen molar-refractivity contribution in [2.24, 2.45) is 11.8 Å². The van der Waals surface area contributed by atoms with Crippen molar-refractivity contribution in [2.75, 3.05) is 0 Å². The van der Waals surface area contributed by atoms with E-state index in [2.05, 4.69) is 56.3 Å². The third-order valence-electron chi connectivity index (χ3n) is 5.27. The van der Waals surface area contributed by atoms with E-state index in [9.17, 15) is 0 Å². The zero-order valence-electron chi connectivity index (χ0n) is 12.5. The fourth-order valence-corrected chi connectivity index (χ4v) is 12.3. The van der Waals surface area contributed by atoms with Crippen LogP contribution < -0.4 is 0 Å². The van der Waals surface area contributed by atoms with Gasteiger partial charge in [-0.2, -0.15) is 0 Å². The average molecular weight is 508 g/mol. The van der Waals surface area contributed by atoms with Crippen LogP contribution in [0, 0.1) is 11.8 Å². The number of halogens is 2. The van der Waals surface area contributed by atoms with Crippen molar-refractivity contribution < 1.29 is 0 Å². The van der Waals surface area contributed by atoms with Crippen molar-refractivity contribution in [2.45, 2.75) is 88.6 Å². The van der Waals surface area contributed by atoms with Gasteiger partial charge in [0.2, 0.25) is 0 Å². The quantitative estimate of drug-likeness (QED) is 0.328. The topological polar surface area (TPSA) is 0 Å². The van der Waals surface area contributed by atoms with Crippen molar-refractivity contribution in [3.05, 3.63) is 0 Å². The summed E-state index contributed by atoms with van der Waals surface area (Å²) in [5.74, 6) is 2.14. The van der Waals surface area contributed by atoms with Crippen LogP contribution in [0.25, 0.3) is 0 Å². The van der Waals surface area contributed by atoms with Crippen LogP contribution in [0.15, 0.2) is 0 Å². The minimum absolute atomic E-state index is 0.401. The number of hydrogen-bond acceptors (Lipinski definition) is 0. The largest absolute Gasteiger partial charge is 0.127 e. The van der Waals surface area contributed by atoms with Crippen LogP contribution in [0.5, 0.6) is 0 Å². The molecule has 4 unspecified atom stereocenters.